The highest BCUT2D eigenvalue weighted by atomic mass is 35.5. The van der Waals surface area contributed by atoms with Crippen molar-refractivity contribution in [3.63, 3.8) is 0 Å². The molecule has 9 nitrogen and oxygen atoms in total. The number of alkyl halides is 6. The number of hydrogen-bond donors (Lipinski definition) is 1. The Balaban J connectivity index is 1.66. The Hall–Kier alpha value is -4.14. The zero-order valence-electron chi connectivity index (χ0n) is 20.4. The zero-order chi connectivity index (χ0) is 29.2. The highest BCUT2D eigenvalue weighted by molar-refractivity contribution is 6.30. The number of nitrogens with one attached hydrogen (secondary N) is 1. The lowest BCUT2D eigenvalue weighted by Gasteiger charge is -2.17. The lowest BCUT2D eigenvalue weighted by molar-refractivity contribution is -0.138. The van der Waals surface area contributed by atoms with Gasteiger partial charge in [0.25, 0.3) is 0 Å². The van der Waals surface area contributed by atoms with E-state index in [2.05, 4.69) is 20.6 Å². The number of hydrogen-bond acceptors (Lipinski definition) is 6. The van der Waals surface area contributed by atoms with Crippen molar-refractivity contribution in [1.29, 1.82) is 0 Å². The molecule has 2 aromatic heterocycles. The van der Waals surface area contributed by atoms with Crippen molar-refractivity contribution in [1.82, 2.24) is 29.8 Å². The molecular formula is C24H19ClF6N6O3. The van der Waals surface area contributed by atoms with Gasteiger partial charge >= 0.3 is 18.0 Å². The molecule has 16 heteroatoms. The van der Waals surface area contributed by atoms with Crippen LogP contribution in [0.25, 0.3) is 11.4 Å². The van der Waals surface area contributed by atoms with Gasteiger partial charge in [-0.1, -0.05) is 28.9 Å². The van der Waals surface area contributed by atoms with E-state index in [4.69, 9.17) is 16.1 Å². The van der Waals surface area contributed by atoms with Crippen LogP contribution in [-0.2, 0) is 24.1 Å². The van der Waals surface area contributed by atoms with E-state index in [1.165, 1.54) is 37.3 Å². The average Bonchev–Trinajstić information content (AvgIpc) is 3.43. The maximum Gasteiger partial charge on any atom is 0.416 e. The van der Waals surface area contributed by atoms with Crippen LogP contribution in [-0.4, -0.2) is 36.6 Å². The van der Waals surface area contributed by atoms with Crippen LogP contribution in [0, 0.1) is 6.92 Å². The predicted molar refractivity (Wildman–Crippen MR) is 128 cm³/mol. The largest absolute Gasteiger partial charge is 0.416 e. The summed E-state index contributed by atoms with van der Waals surface area (Å²) in [7, 11) is 0. The van der Waals surface area contributed by atoms with Crippen molar-refractivity contribution in [3.8, 4) is 11.4 Å². The van der Waals surface area contributed by atoms with E-state index >= 15 is 0 Å². The summed E-state index contributed by atoms with van der Waals surface area (Å²) in [5.41, 5.74) is -1.76. The molecule has 0 bridgehead atoms. The van der Waals surface area contributed by atoms with Crippen LogP contribution in [0.3, 0.4) is 0 Å². The molecule has 40 heavy (non-hydrogen) atoms. The molecule has 0 radical (unpaired) electrons. The van der Waals surface area contributed by atoms with Crippen LogP contribution < -0.4 is 11.0 Å². The first kappa shape index (κ1) is 28.9. The van der Waals surface area contributed by atoms with E-state index in [0.717, 1.165) is 22.8 Å². The van der Waals surface area contributed by atoms with Gasteiger partial charge in [-0.15, -0.1) is 5.10 Å². The summed E-state index contributed by atoms with van der Waals surface area (Å²) in [6, 6.07) is 8.56. The van der Waals surface area contributed by atoms with E-state index in [1.54, 1.807) is 0 Å². The fraction of sp³-hybridized carbons (Fsp3) is 0.292. The minimum atomic E-state index is -4.67. The Morgan fingerprint density at radius 3 is 2.40 bits per heavy atom. The minimum absolute atomic E-state index is 0.0334. The summed E-state index contributed by atoms with van der Waals surface area (Å²) < 4.78 is 85.1. The van der Waals surface area contributed by atoms with E-state index in [0.29, 0.717) is 9.70 Å². The molecule has 0 saturated heterocycles. The van der Waals surface area contributed by atoms with Gasteiger partial charge in [0.05, 0.1) is 12.0 Å². The number of benzene rings is 2. The van der Waals surface area contributed by atoms with Gasteiger partial charge in [-0.3, -0.25) is 9.36 Å². The molecule has 0 fully saturated rings. The Kier molecular flexibility index (Phi) is 8.05. The lowest BCUT2D eigenvalue weighted by Crippen LogP contribution is -2.36. The first-order chi connectivity index (χ1) is 18.7. The van der Waals surface area contributed by atoms with Gasteiger partial charge in [0.2, 0.25) is 11.8 Å². The van der Waals surface area contributed by atoms with E-state index in [-0.39, 0.29) is 28.7 Å². The third kappa shape index (κ3) is 6.89. The number of aryl methyl sites for hydroxylation is 1. The fourth-order valence-corrected chi connectivity index (χ4v) is 3.89. The number of halogens is 7. The molecule has 4 rings (SSSR count). The van der Waals surface area contributed by atoms with Crippen molar-refractivity contribution >= 4 is 17.5 Å². The van der Waals surface area contributed by atoms with Gasteiger partial charge in [-0.2, -0.15) is 31.3 Å². The summed E-state index contributed by atoms with van der Waals surface area (Å²) in [5.74, 6) is -1.12. The van der Waals surface area contributed by atoms with Gasteiger partial charge in [0, 0.05) is 24.1 Å². The average molecular weight is 589 g/mol. The van der Waals surface area contributed by atoms with Gasteiger partial charge in [-0.05, 0) is 42.0 Å². The summed E-state index contributed by atoms with van der Waals surface area (Å²) in [6.07, 6.45) is -10.6. The second kappa shape index (κ2) is 11.2. The van der Waals surface area contributed by atoms with Crippen molar-refractivity contribution in [3.05, 3.63) is 86.9 Å². The highest BCUT2D eigenvalue weighted by Crippen LogP contribution is 2.32. The summed E-state index contributed by atoms with van der Waals surface area (Å²) in [4.78, 5) is 30.0. The van der Waals surface area contributed by atoms with Crippen LogP contribution in [0.4, 0.5) is 26.3 Å². The monoisotopic (exact) mass is 588 g/mol. The number of amides is 1. The first-order valence-electron chi connectivity index (χ1n) is 11.5. The Morgan fingerprint density at radius 2 is 1.80 bits per heavy atom. The molecule has 0 aliphatic heterocycles. The van der Waals surface area contributed by atoms with E-state index in [9.17, 15) is 35.9 Å². The SMILES string of the molecule is Cc1nc(C(NC(=O)Cn2nc(-c3ccc(Cl)cc3)n(CCC(F)(F)F)c2=O)c2cccc(C(F)(F)F)c2)no1. The zero-order valence-corrected chi connectivity index (χ0v) is 21.2. The summed E-state index contributed by atoms with van der Waals surface area (Å²) >= 11 is 5.88. The Bertz CT molecular complexity index is 1560. The maximum absolute atomic E-state index is 13.3. The molecule has 4 aromatic rings. The minimum Gasteiger partial charge on any atom is -0.340 e. The number of aromatic nitrogens is 5. The van der Waals surface area contributed by atoms with Gasteiger partial charge < -0.3 is 9.84 Å². The molecule has 1 N–H and O–H groups in total. The second-order valence-corrected chi connectivity index (χ2v) is 9.02. The second-order valence-electron chi connectivity index (χ2n) is 8.58. The third-order valence-corrected chi connectivity index (χ3v) is 5.84. The fourth-order valence-electron chi connectivity index (χ4n) is 3.76. The molecule has 0 aliphatic carbocycles. The lowest BCUT2D eigenvalue weighted by atomic mass is 10.0. The summed E-state index contributed by atoms with van der Waals surface area (Å²) in [5, 5.41) is 10.5. The van der Waals surface area contributed by atoms with E-state index in [1.807, 2.05) is 0 Å². The van der Waals surface area contributed by atoms with Gasteiger partial charge in [-0.25, -0.2) is 9.48 Å². The molecule has 0 saturated carbocycles. The van der Waals surface area contributed by atoms with Crippen molar-refractivity contribution in [2.75, 3.05) is 0 Å². The Labute approximate surface area is 226 Å². The van der Waals surface area contributed by atoms with Crippen LogP contribution in [0.1, 0.15) is 35.3 Å². The smallest absolute Gasteiger partial charge is 0.340 e. The number of carbonyl (C=O) groups is 1. The van der Waals surface area contributed by atoms with Crippen LogP contribution in [0.15, 0.2) is 57.8 Å². The topological polar surface area (TPSA) is 108 Å². The van der Waals surface area contributed by atoms with Gasteiger partial charge in [0.1, 0.15) is 12.6 Å². The maximum atomic E-state index is 13.3. The van der Waals surface area contributed by atoms with Crippen LogP contribution in [0.5, 0.6) is 0 Å². The van der Waals surface area contributed by atoms with Crippen molar-refractivity contribution in [2.45, 2.75) is 44.8 Å². The van der Waals surface area contributed by atoms with Crippen LogP contribution >= 0.6 is 11.6 Å². The number of nitrogens with zero attached hydrogens (tertiary/aromatic N) is 5. The molecule has 1 amide bonds. The molecule has 0 spiro atoms. The molecule has 0 aliphatic rings. The van der Waals surface area contributed by atoms with Crippen LogP contribution in [0.2, 0.25) is 5.02 Å². The molecule has 1 unspecified atom stereocenters. The molecule has 1 atom stereocenters. The number of rotatable bonds is 8. The van der Waals surface area contributed by atoms with Crippen molar-refractivity contribution in [2.24, 2.45) is 0 Å². The van der Waals surface area contributed by atoms with E-state index < -0.39 is 55.1 Å². The predicted octanol–water partition coefficient (Wildman–Crippen LogP) is 4.93. The quantitative estimate of drug-likeness (QED) is 0.292. The first-order valence-corrected chi connectivity index (χ1v) is 11.9. The molecule has 212 valence electrons. The van der Waals surface area contributed by atoms with Crippen molar-refractivity contribution < 1.29 is 35.7 Å². The standard InChI is InChI=1S/C24H19ClF6N6O3/c1-13-32-20(35-40-13)19(15-3-2-4-16(11-15)24(29,30)31)33-18(38)12-37-22(39)36(10-9-23(26,27)28)21(34-37)14-5-7-17(25)8-6-14/h2-8,11,19H,9-10,12H2,1H3,(H,33,38). The molecule has 2 aromatic carbocycles. The van der Waals surface area contributed by atoms with Gasteiger partial charge in [0.15, 0.2) is 11.6 Å². The third-order valence-electron chi connectivity index (χ3n) is 5.59. The molecule has 2 heterocycles. The Morgan fingerprint density at radius 1 is 1.10 bits per heavy atom. The summed E-state index contributed by atoms with van der Waals surface area (Å²) in [6.45, 7) is -0.103. The highest BCUT2D eigenvalue weighted by Gasteiger charge is 2.32. The normalized spacial score (nSPS) is 12.9. The molecular weight excluding hydrogens is 570 g/mol. The number of carbonyl (C=O) groups excluding carboxylic acids is 1.